The van der Waals surface area contributed by atoms with Gasteiger partial charge in [0, 0.05) is 17.6 Å². The minimum atomic E-state index is -0.0653. The molecule has 2 heteroatoms. The highest BCUT2D eigenvalue weighted by molar-refractivity contribution is 5.94. The van der Waals surface area contributed by atoms with E-state index in [-0.39, 0.29) is 17.0 Å². The largest absolute Gasteiger partial charge is 0.356 e. The van der Waals surface area contributed by atoms with Crippen molar-refractivity contribution in [3.63, 3.8) is 0 Å². The molecule has 0 aliphatic carbocycles. The molecule has 0 fully saturated rings. The van der Waals surface area contributed by atoms with Crippen LogP contribution in [0.3, 0.4) is 0 Å². The lowest BCUT2D eigenvalue weighted by molar-refractivity contribution is -0.122. The van der Waals surface area contributed by atoms with Gasteiger partial charge < -0.3 is 4.90 Å². The molecule has 2 rings (SSSR count). The minimum Gasteiger partial charge on any atom is -0.356 e. The van der Waals surface area contributed by atoms with Gasteiger partial charge in [0.1, 0.15) is 0 Å². The summed E-state index contributed by atoms with van der Waals surface area (Å²) < 4.78 is 0. The van der Waals surface area contributed by atoms with Gasteiger partial charge in [-0.2, -0.15) is 0 Å². The Kier molecular flexibility index (Phi) is 3.24. The van der Waals surface area contributed by atoms with Crippen LogP contribution in [0.1, 0.15) is 47.1 Å². The molecule has 1 atom stereocenters. The van der Waals surface area contributed by atoms with E-state index in [9.17, 15) is 4.79 Å². The summed E-state index contributed by atoms with van der Waals surface area (Å²) in [6.45, 7) is 13.0. The van der Waals surface area contributed by atoms with Crippen LogP contribution < -0.4 is 4.90 Å². The predicted octanol–water partition coefficient (Wildman–Crippen LogP) is 3.83. The molecule has 2 nitrogen and oxygen atoms in total. The summed E-state index contributed by atoms with van der Waals surface area (Å²) >= 11 is 0. The zero-order valence-corrected chi connectivity index (χ0v) is 12.9. The summed E-state index contributed by atoms with van der Waals surface area (Å²) in [6, 6.07) is 8.25. The van der Waals surface area contributed by atoms with E-state index in [1.165, 1.54) is 5.69 Å². The van der Waals surface area contributed by atoms with Crippen LogP contribution in [0.15, 0.2) is 24.3 Å². The Morgan fingerprint density at radius 3 is 2.16 bits per heavy atom. The molecule has 1 aliphatic heterocycles. The van der Waals surface area contributed by atoms with Gasteiger partial charge in [0.25, 0.3) is 0 Å². The van der Waals surface area contributed by atoms with E-state index in [1.807, 2.05) is 6.07 Å². The van der Waals surface area contributed by atoms with Crippen LogP contribution in [0, 0.1) is 5.41 Å². The van der Waals surface area contributed by atoms with Gasteiger partial charge in [-0.1, -0.05) is 39.0 Å². The fourth-order valence-electron chi connectivity index (χ4n) is 3.08. The van der Waals surface area contributed by atoms with E-state index in [1.54, 1.807) is 0 Å². The van der Waals surface area contributed by atoms with Gasteiger partial charge >= 0.3 is 0 Å². The Balaban J connectivity index is 2.62. The summed E-state index contributed by atoms with van der Waals surface area (Å²) in [5.74, 6) is 0.334. The number of fused-ring (bicyclic) bond motifs is 1. The van der Waals surface area contributed by atoms with Gasteiger partial charge in [-0.3, -0.25) is 4.79 Å². The minimum absolute atomic E-state index is 0.0533. The molecular formula is C17H25NO. The smallest absolute Gasteiger partial charge is 0.160 e. The van der Waals surface area contributed by atoms with Gasteiger partial charge in [0.05, 0.1) is 6.04 Å². The third kappa shape index (κ3) is 2.54. The lowest BCUT2D eigenvalue weighted by Gasteiger charge is -2.51. The number of hydrogen-bond donors (Lipinski definition) is 0. The zero-order chi connectivity index (χ0) is 14.4. The molecule has 0 aromatic heterocycles. The maximum atomic E-state index is 12.6. The van der Waals surface area contributed by atoms with Crippen LogP contribution in [-0.4, -0.2) is 17.4 Å². The van der Waals surface area contributed by atoms with Gasteiger partial charge in [0.2, 0.25) is 0 Å². The second-order valence-electron chi connectivity index (χ2n) is 7.58. The number of nitrogens with zero attached hydrogens (tertiary/aromatic N) is 1. The van der Waals surface area contributed by atoms with Gasteiger partial charge in [0.15, 0.2) is 5.78 Å². The summed E-state index contributed by atoms with van der Waals surface area (Å²) in [4.78, 5) is 14.9. The van der Waals surface area contributed by atoms with Crippen molar-refractivity contribution >= 4 is 11.5 Å². The Hall–Kier alpha value is -1.31. The fourth-order valence-corrected chi connectivity index (χ4v) is 3.08. The van der Waals surface area contributed by atoms with Crippen molar-refractivity contribution in [2.24, 2.45) is 5.41 Å². The molecule has 0 saturated heterocycles. The number of carbonyl (C=O) groups excluding carboxylic acids is 1. The van der Waals surface area contributed by atoms with Crippen LogP contribution in [0.4, 0.5) is 5.69 Å². The molecule has 19 heavy (non-hydrogen) atoms. The normalized spacial score (nSPS) is 20.4. The van der Waals surface area contributed by atoms with E-state index >= 15 is 0 Å². The molecule has 1 aliphatic rings. The summed E-state index contributed by atoms with van der Waals surface area (Å²) in [7, 11) is 0. The molecule has 1 unspecified atom stereocenters. The number of ketones is 1. The number of rotatable bonds is 0. The Bertz CT molecular complexity index is 491. The highest BCUT2D eigenvalue weighted by atomic mass is 16.1. The molecule has 104 valence electrons. The third-order valence-corrected chi connectivity index (χ3v) is 3.72. The number of benzene rings is 1. The first-order chi connectivity index (χ1) is 8.62. The highest BCUT2D eigenvalue weighted by Gasteiger charge is 2.44. The van der Waals surface area contributed by atoms with Crippen LogP contribution >= 0.6 is 0 Å². The van der Waals surface area contributed by atoms with Crippen molar-refractivity contribution in [3.8, 4) is 0 Å². The standard InChI is InChI=1S/C17H25NO/c1-16(2,3)15-14(19)11-12-9-7-8-10-13(12)18(15)17(4,5)6/h7-10,15H,11H2,1-6H3. The fraction of sp³-hybridized carbons (Fsp3) is 0.588. The molecule has 0 amide bonds. The van der Waals surface area contributed by atoms with E-state index in [0.717, 1.165) is 5.56 Å². The van der Waals surface area contributed by atoms with Crippen LogP contribution in [-0.2, 0) is 11.2 Å². The zero-order valence-electron chi connectivity index (χ0n) is 12.9. The van der Waals surface area contributed by atoms with Crippen molar-refractivity contribution in [1.29, 1.82) is 0 Å². The number of anilines is 1. The molecule has 0 radical (unpaired) electrons. The molecule has 0 saturated carbocycles. The van der Waals surface area contributed by atoms with Crippen LogP contribution in [0.5, 0.6) is 0 Å². The third-order valence-electron chi connectivity index (χ3n) is 3.72. The van der Waals surface area contributed by atoms with Crippen molar-refractivity contribution in [2.75, 3.05) is 4.90 Å². The van der Waals surface area contributed by atoms with Gasteiger partial charge in [-0.15, -0.1) is 0 Å². The van der Waals surface area contributed by atoms with Crippen LogP contribution in [0.25, 0.3) is 0 Å². The number of Topliss-reactive ketones (excluding diaryl/α,β-unsaturated/α-hetero) is 1. The SMILES string of the molecule is CC(C)(C)C1C(=O)Cc2ccccc2N1C(C)(C)C. The molecule has 0 N–H and O–H groups in total. The van der Waals surface area contributed by atoms with Crippen molar-refractivity contribution in [2.45, 2.75) is 59.5 Å². The Morgan fingerprint density at radius 1 is 1.05 bits per heavy atom. The first-order valence-corrected chi connectivity index (χ1v) is 7.02. The molecule has 1 aromatic rings. The van der Waals surface area contributed by atoms with Crippen molar-refractivity contribution in [1.82, 2.24) is 0 Å². The number of carbonyl (C=O) groups is 1. The summed E-state index contributed by atoms with van der Waals surface area (Å²) in [5.41, 5.74) is 2.25. The average molecular weight is 259 g/mol. The molecule has 1 aromatic carbocycles. The molecule has 0 spiro atoms. The highest BCUT2D eigenvalue weighted by Crippen LogP contribution is 2.40. The van der Waals surface area contributed by atoms with Crippen molar-refractivity contribution < 1.29 is 4.79 Å². The van der Waals surface area contributed by atoms with Crippen LogP contribution in [0.2, 0.25) is 0 Å². The van der Waals surface area contributed by atoms with E-state index in [4.69, 9.17) is 0 Å². The van der Waals surface area contributed by atoms with Crippen molar-refractivity contribution in [3.05, 3.63) is 29.8 Å². The van der Waals surface area contributed by atoms with E-state index in [0.29, 0.717) is 12.2 Å². The summed E-state index contributed by atoms with van der Waals surface area (Å²) in [5, 5.41) is 0. The topological polar surface area (TPSA) is 20.3 Å². The van der Waals surface area contributed by atoms with Gasteiger partial charge in [-0.25, -0.2) is 0 Å². The molecule has 1 heterocycles. The lowest BCUT2D eigenvalue weighted by Crippen LogP contribution is -2.59. The van der Waals surface area contributed by atoms with Gasteiger partial charge in [-0.05, 0) is 37.8 Å². The Labute approximate surface area is 116 Å². The average Bonchev–Trinajstić information content (AvgIpc) is 2.24. The quantitative estimate of drug-likeness (QED) is 0.705. The number of para-hydroxylation sites is 1. The molecular weight excluding hydrogens is 234 g/mol. The maximum Gasteiger partial charge on any atom is 0.160 e. The molecule has 0 bridgehead atoms. The van der Waals surface area contributed by atoms with E-state index in [2.05, 4.69) is 64.6 Å². The van der Waals surface area contributed by atoms with E-state index < -0.39 is 0 Å². The second kappa shape index (κ2) is 4.36. The lowest BCUT2D eigenvalue weighted by atomic mass is 9.76. The monoisotopic (exact) mass is 259 g/mol. The first kappa shape index (κ1) is 14.1. The predicted molar refractivity (Wildman–Crippen MR) is 80.6 cm³/mol. The first-order valence-electron chi connectivity index (χ1n) is 7.02. The summed E-state index contributed by atoms with van der Waals surface area (Å²) in [6.07, 6.45) is 0.560. The maximum absolute atomic E-state index is 12.6. The number of hydrogen-bond acceptors (Lipinski definition) is 2. The second-order valence-corrected chi connectivity index (χ2v) is 7.58. The Morgan fingerprint density at radius 2 is 1.63 bits per heavy atom.